The van der Waals surface area contributed by atoms with Crippen LogP contribution in [0.2, 0.25) is 5.02 Å². The Morgan fingerprint density at radius 2 is 1.87 bits per heavy atom. The molecule has 1 unspecified atom stereocenters. The predicted octanol–water partition coefficient (Wildman–Crippen LogP) is 3.69. The van der Waals surface area contributed by atoms with Crippen molar-refractivity contribution in [1.29, 1.82) is 0 Å². The van der Waals surface area contributed by atoms with Crippen molar-refractivity contribution >= 4 is 17.5 Å². The normalized spacial score (nSPS) is 11.6. The molecule has 2 aromatic rings. The second kappa shape index (κ2) is 9.06. The Hall–Kier alpha value is -2.20. The van der Waals surface area contributed by atoms with Crippen LogP contribution in [0.4, 0.5) is 0 Å². The maximum Gasteiger partial charge on any atom is 0.261 e. The van der Waals surface area contributed by atoms with Crippen molar-refractivity contribution < 1.29 is 14.3 Å². The van der Waals surface area contributed by atoms with E-state index in [1.54, 1.807) is 24.3 Å². The fourth-order valence-corrected chi connectivity index (χ4v) is 2.18. The maximum atomic E-state index is 12.2. The van der Waals surface area contributed by atoms with E-state index in [0.717, 1.165) is 5.75 Å². The zero-order valence-corrected chi connectivity index (χ0v) is 13.8. The van der Waals surface area contributed by atoms with Gasteiger partial charge in [0.1, 0.15) is 18.1 Å². The van der Waals surface area contributed by atoms with E-state index in [0.29, 0.717) is 30.3 Å². The summed E-state index contributed by atoms with van der Waals surface area (Å²) in [7, 11) is 0. The summed E-state index contributed by atoms with van der Waals surface area (Å²) in [6.45, 7) is 2.72. The van der Waals surface area contributed by atoms with Crippen molar-refractivity contribution in [3.05, 3.63) is 59.6 Å². The molecule has 0 radical (unpaired) electrons. The summed E-state index contributed by atoms with van der Waals surface area (Å²) in [5.74, 6) is 1.20. The van der Waals surface area contributed by atoms with Crippen LogP contribution in [0, 0.1) is 0 Å². The van der Waals surface area contributed by atoms with E-state index in [9.17, 15) is 4.79 Å². The number of rotatable bonds is 8. The van der Waals surface area contributed by atoms with Gasteiger partial charge in [-0.25, -0.2) is 0 Å². The van der Waals surface area contributed by atoms with Gasteiger partial charge >= 0.3 is 0 Å². The molecule has 0 aliphatic rings. The van der Waals surface area contributed by atoms with Gasteiger partial charge in [-0.1, -0.05) is 42.8 Å². The standard InChI is InChI=1S/C18H20ClNO3/c1-2-17(23-16-10-6-7-14(19)13-16)18(21)20-11-12-22-15-8-4-3-5-9-15/h3-10,13,17H,2,11-12H2,1H3,(H,20,21). The van der Waals surface area contributed by atoms with Crippen molar-refractivity contribution in [2.75, 3.05) is 13.2 Å². The van der Waals surface area contributed by atoms with Crippen LogP contribution in [-0.4, -0.2) is 25.2 Å². The fraction of sp³-hybridized carbons (Fsp3) is 0.278. The molecule has 0 fully saturated rings. The van der Waals surface area contributed by atoms with Crippen LogP contribution < -0.4 is 14.8 Å². The highest BCUT2D eigenvalue weighted by Crippen LogP contribution is 2.19. The molecule has 2 rings (SSSR count). The fourth-order valence-electron chi connectivity index (χ4n) is 2.00. The topological polar surface area (TPSA) is 47.6 Å². The first-order chi connectivity index (χ1) is 11.2. The Labute approximate surface area is 141 Å². The Morgan fingerprint density at radius 3 is 2.57 bits per heavy atom. The second-order valence-electron chi connectivity index (χ2n) is 4.92. The third-order valence-electron chi connectivity index (χ3n) is 3.15. The molecule has 0 saturated carbocycles. The monoisotopic (exact) mass is 333 g/mol. The van der Waals surface area contributed by atoms with Crippen molar-refractivity contribution in [3.8, 4) is 11.5 Å². The summed E-state index contributed by atoms with van der Waals surface area (Å²) in [4.78, 5) is 12.2. The number of carbonyl (C=O) groups excluding carboxylic acids is 1. The number of halogens is 1. The van der Waals surface area contributed by atoms with Crippen molar-refractivity contribution in [3.63, 3.8) is 0 Å². The average molecular weight is 334 g/mol. The molecule has 0 saturated heterocycles. The smallest absolute Gasteiger partial charge is 0.261 e. The minimum atomic E-state index is -0.551. The van der Waals surface area contributed by atoms with Crippen LogP contribution >= 0.6 is 11.6 Å². The maximum absolute atomic E-state index is 12.2. The molecule has 2 aromatic carbocycles. The first kappa shape index (κ1) is 17.2. The average Bonchev–Trinajstić information content (AvgIpc) is 2.57. The first-order valence-electron chi connectivity index (χ1n) is 7.57. The lowest BCUT2D eigenvalue weighted by atomic mass is 10.2. The molecule has 1 amide bonds. The van der Waals surface area contributed by atoms with E-state index in [1.165, 1.54) is 0 Å². The summed E-state index contributed by atoms with van der Waals surface area (Å²) in [6, 6.07) is 16.5. The van der Waals surface area contributed by atoms with E-state index in [-0.39, 0.29) is 5.91 Å². The van der Waals surface area contributed by atoms with Gasteiger partial charge in [0, 0.05) is 5.02 Å². The number of para-hydroxylation sites is 1. The molecule has 23 heavy (non-hydrogen) atoms. The molecule has 1 N–H and O–H groups in total. The summed E-state index contributed by atoms with van der Waals surface area (Å²) in [5, 5.41) is 3.39. The van der Waals surface area contributed by atoms with E-state index in [4.69, 9.17) is 21.1 Å². The number of hydrogen-bond donors (Lipinski definition) is 1. The van der Waals surface area contributed by atoms with Crippen LogP contribution in [0.5, 0.6) is 11.5 Å². The van der Waals surface area contributed by atoms with Gasteiger partial charge in [-0.05, 0) is 36.8 Å². The summed E-state index contributed by atoms with van der Waals surface area (Å²) in [6.07, 6.45) is 0.0166. The van der Waals surface area contributed by atoms with Gasteiger partial charge < -0.3 is 14.8 Å². The lowest BCUT2D eigenvalue weighted by Crippen LogP contribution is -2.39. The lowest BCUT2D eigenvalue weighted by Gasteiger charge is -2.17. The number of ether oxygens (including phenoxy) is 2. The number of carbonyl (C=O) groups is 1. The molecule has 0 aliphatic carbocycles. The second-order valence-corrected chi connectivity index (χ2v) is 5.36. The quantitative estimate of drug-likeness (QED) is 0.749. The summed E-state index contributed by atoms with van der Waals surface area (Å²) >= 11 is 5.91. The molecular weight excluding hydrogens is 314 g/mol. The van der Waals surface area contributed by atoms with Gasteiger partial charge in [-0.2, -0.15) is 0 Å². The Balaban J connectivity index is 1.76. The highest BCUT2D eigenvalue weighted by atomic mass is 35.5. The minimum absolute atomic E-state index is 0.163. The van der Waals surface area contributed by atoms with Gasteiger partial charge in [0.05, 0.1) is 6.54 Å². The Morgan fingerprint density at radius 1 is 1.13 bits per heavy atom. The molecule has 0 bridgehead atoms. The van der Waals surface area contributed by atoms with E-state index in [2.05, 4.69) is 5.32 Å². The molecule has 0 aliphatic heterocycles. The van der Waals surface area contributed by atoms with Crippen molar-refractivity contribution in [1.82, 2.24) is 5.32 Å². The van der Waals surface area contributed by atoms with Gasteiger partial charge in [0.15, 0.2) is 6.10 Å². The Bertz CT molecular complexity index is 619. The molecule has 5 heteroatoms. The molecular formula is C18H20ClNO3. The molecule has 1 atom stereocenters. The number of benzene rings is 2. The van der Waals surface area contributed by atoms with E-state index >= 15 is 0 Å². The third kappa shape index (κ3) is 5.83. The van der Waals surface area contributed by atoms with Gasteiger partial charge in [-0.15, -0.1) is 0 Å². The molecule has 4 nitrogen and oxygen atoms in total. The SMILES string of the molecule is CCC(Oc1cccc(Cl)c1)C(=O)NCCOc1ccccc1. The number of amides is 1. The zero-order valence-electron chi connectivity index (χ0n) is 13.0. The zero-order chi connectivity index (χ0) is 16.5. The summed E-state index contributed by atoms with van der Waals surface area (Å²) < 4.78 is 11.2. The number of nitrogens with one attached hydrogen (secondary N) is 1. The van der Waals surface area contributed by atoms with Crippen molar-refractivity contribution in [2.45, 2.75) is 19.4 Å². The highest BCUT2D eigenvalue weighted by molar-refractivity contribution is 6.30. The van der Waals surface area contributed by atoms with Crippen molar-refractivity contribution in [2.24, 2.45) is 0 Å². The predicted molar refractivity (Wildman–Crippen MR) is 91.1 cm³/mol. The lowest BCUT2D eigenvalue weighted by molar-refractivity contribution is -0.128. The van der Waals surface area contributed by atoms with Crippen LogP contribution in [0.25, 0.3) is 0 Å². The molecule has 122 valence electrons. The molecule has 0 heterocycles. The third-order valence-corrected chi connectivity index (χ3v) is 3.39. The number of hydrogen-bond acceptors (Lipinski definition) is 3. The highest BCUT2D eigenvalue weighted by Gasteiger charge is 2.17. The summed E-state index contributed by atoms with van der Waals surface area (Å²) in [5.41, 5.74) is 0. The van der Waals surface area contributed by atoms with Gasteiger partial charge in [-0.3, -0.25) is 4.79 Å². The van der Waals surface area contributed by atoms with Gasteiger partial charge in [0.25, 0.3) is 5.91 Å². The largest absolute Gasteiger partial charge is 0.492 e. The van der Waals surface area contributed by atoms with Gasteiger partial charge in [0.2, 0.25) is 0 Å². The van der Waals surface area contributed by atoms with Crippen LogP contribution in [0.3, 0.4) is 0 Å². The Kier molecular flexibility index (Phi) is 6.76. The minimum Gasteiger partial charge on any atom is -0.492 e. The molecule has 0 aromatic heterocycles. The van der Waals surface area contributed by atoms with Crippen LogP contribution in [0.15, 0.2) is 54.6 Å². The molecule has 0 spiro atoms. The van der Waals surface area contributed by atoms with Crippen LogP contribution in [0.1, 0.15) is 13.3 Å². The van der Waals surface area contributed by atoms with E-state index < -0.39 is 6.10 Å². The van der Waals surface area contributed by atoms with E-state index in [1.807, 2.05) is 37.3 Å². The van der Waals surface area contributed by atoms with Crippen LogP contribution in [-0.2, 0) is 4.79 Å². The first-order valence-corrected chi connectivity index (χ1v) is 7.94.